The topological polar surface area (TPSA) is 66.4 Å². The summed E-state index contributed by atoms with van der Waals surface area (Å²) in [6, 6.07) is 2.71. The Labute approximate surface area is 122 Å². The van der Waals surface area contributed by atoms with Gasteiger partial charge in [0.05, 0.1) is 12.3 Å². The summed E-state index contributed by atoms with van der Waals surface area (Å²) < 4.78 is 65.2. The lowest BCUT2D eigenvalue weighted by molar-refractivity contribution is 0.285. The first-order valence-electron chi connectivity index (χ1n) is 5.62. The zero-order valence-electron chi connectivity index (χ0n) is 10.7. The van der Waals surface area contributed by atoms with Crippen molar-refractivity contribution < 1.29 is 26.7 Å². The minimum absolute atomic E-state index is 0.159. The van der Waals surface area contributed by atoms with Gasteiger partial charge in [0.25, 0.3) is 10.0 Å². The molecule has 0 unspecified atom stereocenters. The van der Waals surface area contributed by atoms with E-state index in [0.29, 0.717) is 16.5 Å². The van der Waals surface area contributed by atoms with Gasteiger partial charge >= 0.3 is 0 Å². The molecule has 0 bridgehead atoms. The lowest BCUT2D eigenvalue weighted by Gasteiger charge is -2.08. The zero-order chi connectivity index (χ0) is 15.8. The van der Waals surface area contributed by atoms with Gasteiger partial charge in [-0.3, -0.25) is 4.72 Å². The molecule has 9 heteroatoms. The fraction of sp³-hybridized carbons (Fsp3) is 0.167. The molecule has 2 rings (SSSR count). The third kappa shape index (κ3) is 3.04. The Morgan fingerprint density at radius 1 is 1.24 bits per heavy atom. The van der Waals surface area contributed by atoms with Gasteiger partial charge in [0.2, 0.25) is 0 Å². The number of halogens is 3. The molecule has 114 valence electrons. The zero-order valence-corrected chi connectivity index (χ0v) is 12.3. The molecule has 1 heterocycles. The molecule has 0 saturated heterocycles. The van der Waals surface area contributed by atoms with Crippen molar-refractivity contribution in [3.05, 3.63) is 46.1 Å². The van der Waals surface area contributed by atoms with Gasteiger partial charge in [-0.15, -0.1) is 11.3 Å². The maximum absolute atomic E-state index is 13.5. The van der Waals surface area contributed by atoms with E-state index in [4.69, 9.17) is 5.11 Å². The summed E-state index contributed by atoms with van der Waals surface area (Å²) in [6.45, 7) is 1.28. The van der Waals surface area contributed by atoms with Crippen LogP contribution in [0.1, 0.15) is 10.4 Å². The fourth-order valence-electron chi connectivity index (χ4n) is 1.58. The quantitative estimate of drug-likeness (QED) is 0.843. The highest BCUT2D eigenvalue weighted by molar-refractivity contribution is 7.94. The Bertz CT molecular complexity index is 787. The number of nitrogens with one attached hydrogen (secondary N) is 1. The Balaban J connectivity index is 2.40. The molecule has 2 N–H and O–H groups in total. The van der Waals surface area contributed by atoms with Crippen molar-refractivity contribution in [1.82, 2.24) is 0 Å². The molecule has 0 aliphatic heterocycles. The summed E-state index contributed by atoms with van der Waals surface area (Å²) in [5.74, 6) is -4.78. The molecular weight excluding hydrogens is 327 g/mol. The monoisotopic (exact) mass is 337 g/mol. The predicted octanol–water partition coefficient (Wildman–Crippen LogP) is 2.77. The molecule has 21 heavy (non-hydrogen) atoms. The number of rotatable bonds is 4. The van der Waals surface area contributed by atoms with Gasteiger partial charge in [0, 0.05) is 4.88 Å². The summed E-state index contributed by atoms with van der Waals surface area (Å²) in [5.41, 5.74) is -0.126. The van der Waals surface area contributed by atoms with Gasteiger partial charge in [-0.2, -0.15) is 0 Å². The van der Waals surface area contributed by atoms with E-state index in [9.17, 15) is 21.6 Å². The van der Waals surface area contributed by atoms with Crippen LogP contribution in [0.5, 0.6) is 0 Å². The molecule has 2 aromatic rings. The normalized spacial score (nSPS) is 11.7. The van der Waals surface area contributed by atoms with Gasteiger partial charge in [-0.05, 0) is 30.7 Å². The van der Waals surface area contributed by atoms with E-state index < -0.39 is 33.2 Å². The first-order valence-corrected chi connectivity index (χ1v) is 7.92. The third-order valence-electron chi connectivity index (χ3n) is 2.69. The Morgan fingerprint density at radius 2 is 1.90 bits per heavy atom. The van der Waals surface area contributed by atoms with Crippen molar-refractivity contribution in [2.24, 2.45) is 0 Å². The van der Waals surface area contributed by atoms with Crippen molar-refractivity contribution in [2.75, 3.05) is 4.72 Å². The highest BCUT2D eigenvalue weighted by Gasteiger charge is 2.22. The van der Waals surface area contributed by atoms with Crippen LogP contribution in [0, 0.1) is 24.4 Å². The molecule has 0 amide bonds. The van der Waals surface area contributed by atoms with Gasteiger partial charge in [-0.25, -0.2) is 21.6 Å². The first-order chi connectivity index (χ1) is 9.76. The number of aryl methyl sites for hydroxylation is 1. The summed E-state index contributed by atoms with van der Waals surface area (Å²) in [4.78, 5) is 0.445. The fourth-order valence-corrected chi connectivity index (χ4v) is 4.09. The number of hydrogen-bond acceptors (Lipinski definition) is 4. The standard InChI is InChI=1S/C12H10F3NO3S2/c1-6-4-10(20-9(6)5-17)21(18,19)16-8-3-2-7(13)11(14)12(8)15/h2-4,16-17H,5H2,1H3. The summed E-state index contributed by atoms with van der Waals surface area (Å²) >= 11 is 0.808. The van der Waals surface area contributed by atoms with E-state index >= 15 is 0 Å². The van der Waals surface area contributed by atoms with Crippen molar-refractivity contribution in [1.29, 1.82) is 0 Å². The van der Waals surface area contributed by atoms with Crippen LogP contribution in [0.15, 0.2) is 22.4 Å². The minimum Gasteiger partial charge on any atom is -0.391 e. The van der Waals surface area contributed by atoms with Crippen LogP contribution in [-0.4, -0.2) is 13.5 Å². The van der Waals surface area contributed by atoms with Gasteiger partial charge in [-0.1, -0.05) is 0 Å². The van der Waals surface area contributed by atoms with Crippen LogP contribution in [-0.2, 0) is 16.6 Å². The van der Waals surface area contributed by atoms with E-state index in [2.05, 4.69) is 0 Å². The molecular formula is C12H10F3NO3S2. The second-order valence-corrected chi connectivity index (χ2v) is 7.20. The number of sulfonamides is 1. The summed E-state index contributed by atoms with van der Waals surface area (Å²) in [7, 11) is -4.15. The van der Waals surface area contributed by atoms with Gasteiger partial charge in [0.15, 0.2) is 17.5 Å². The summed E-state index contributed by atoms with van der Waals surface area (Å²) in [5, 5.41) is 9.04. The third-order valence-corrected chi connectivity index (χ3v) is 5.75. The number of hydrogen-bond donors (Lipinski definition) is 2. The average molecular weight is 337 g/mol. The van der Waals surface area contributed by atoms with Crippen LogP contribution >= 0.6 is 11.3 Å². The number of aliphatic hydroxyl groups excluding tert-OH is 1. The SMILES string of the molecule is Cc1cc(S(=O)(=O)Nc2ccc(F)c(F)c2F)sc1CO. The molecule has 0 aliphatic rings. The van der Waals surface area contributed by atoms with Crippen LogP contribution in [0.3, 0.4) is 0 Å². The molecule has 0 spiro atoms. The van der Waals surface area contributed by atoms with Crippen molar-refractivity contribution >= 4 is 27.0 Å². The smallest absolute Gasteiger partial charge is 0.271 e. The van der Waals surface area contributed by atoms with E-state index in [1.807, 2.05) is 4.72 Å². The van der Waals surface area contributed by atoms with Crippen LogP contribution < -0.4 is 4.72 Å². The first kappa shape index (κ1) is 15.8. The predicted molar refractivity (Wildman–Crippen MR) is 72.1 cm³/mol. The highest BCUT2D eigenvalue weighted by Crippen LogP contribution is 2.29. The van der Waals surface area contributed by atoms with Crippen LogP contribution in [0.2, 0.25) is 0 Å². The second kappa shape index (κ2) is 5.66. The molecule has 0 fully saturated rings. The largest absolute Gasteiger partial charge is 0.391 e. The number of anilines is 1. The molecule has 0 atom stereocenters. The van der Waals surface area contributed by atoms with Gasteiger partial charge in [0.1, 0.15) is 4.21 Å². The lowest BCUT2D eigenvalue weighted by atomic mass is 10.3. The molecule has 1 aromatic heterocycles. The number of aliphatic hydroxyl groups is 1. The molecule has 1 aromatic carbocycles. The second-order valence-electron chi connectivity index (χ2n) is 4.16. The minimum atomic E-state index is -4.15. The van der Waals surface area contributed by atoms with Crippen molar-refractivity contribution in [3.8, 4) is 0 Å². The number of thiophene rings is 1. The van der Waals surface area contributed by atoms with E-state index in [0.717, 1.165) is 17.4 Å². The van der Waals surface area contributed by atoms with Crippen molar-refractivity contribution in [3.63, 3.8) is 0 Å². The molecule has 0 radical (unpaired) electrons. The van der Waals surface area contributed by atoms with E-state index in [1.54, 1.807) is 6.92 Å². The Morgan fingerprint density at radius 3 is 2.48 bits per heavy atom. The average Bonchev–Trinajstić information content (AvgIpc) is 2.81. The molecule has 0 saturated carbocycles. The van der Waals surface area contributed by atoms with E-state index in [-0.39, 0.29) is 10.8 Å². The van der Waals surface area contributed by atoms with E-state index in [1.165, 1.54) is 6.07 Å². The number of benzene rings is 1. The Kier molecular flexibility index (Phi) is 4.26. The maximum Gasteiger partial charge on any atom is 0.271 e. The molecule has 0 aliphatic carbocycles. The van der Waals surface area contributed by atoms with Gasteiger partial charge < -0.3 is 5.11 Å². The van der Waals surface area contributed by atoms with Crippen LogP contribution in [0.4, 0.5) is 18.9 Å². The summed E-state index contributed by atoms with van der Waals surface area (Å²) in [6.07, 6.45) is 0. The Hall–Kier alpha value is -1.58. The highest BCUT2D eigenvalue weighted by atomic mass is 32.2. The van der Waals surface area contributed by atoms with Crippen LogP contribution in [0.25, 0.3) is 0 Å². The molecule has 4 nitrogen and oxygen atoms in total. The lowest BCUT2D eigenvalue weighted by Crippen LogP contribution is -2.13. The maximum atomic E-state index is 13.5. The van der Waals surface area contributed by atoms with Crippen molar-refractivity contribution in [2.45, 2.75) is 17.7 Å².